The maximum absolute atomic E-state index is 14.2. The SMILES string of the molecule is C[C@H]1CN(c2ccc(Nc3ncc(C(F)(F)F)c(-c4cc5c(s4)C(=O)N(C4COC4)CCS5(=O)=O)n3)c(C3CC3)c2)CCN1C. The lowest BCUT2D eigenvalue weighted by Gasteiger charge is -2.39. The average Bonchev–Trinajstić information content (AvgIpc) is 3.72. The molecular weight excluding hydrogens is 629 g/mol. The normalized spacial score (nSPS) is 22.6. The van der Waals surface area contributed by atoms with E-state index >= 15 is 0 Å². The minimum absolute atomic E-state index is 0.00272. The highest BCUT2D eigenvalue weighted by atomic mass is 32.2. The molecule has 3 aliphatic heterocycles. The molecule has 5 heterocycles. The first-order valence-corrected chi connectivity index (χ1v) is 17.4. The lowest BCUT2D eigenvalue weighted by atomic mass is 10.1. The van der Waals surface area contributed by atoms with E-state index in [0.29, 0.717) is 35.2 Å². The van der Waals surface area contributed by atoms with Gasteiger partial charge in [0.25, 0.3) is 5.91 Å². The number of amides is 1. The number of carbonyl (C=O) groups is 1. The van der Waals surface area contributed by atoms with Crippen LogP contribution >= 0.6 is 11.3 Å². The summed E-state index contributed by atoms with van der Waals surface area (Å²) in [6.07, 6.45) is -2.07. The van der Waals surface area contributed by atoms with Gasteiger partial charge in [0.05, 0.1) is 40.5 Å². The Labute approximate surface area is 263 Å². The largest absolute Gasteiger partial charge is 0.420 e. The molecular formula is C30H33F3N6O4S2. The number of hydrogen-bond acceptors (Lipinski definition) is 10. The Morgan fingerprint density at radius 2 is 1.89 bits per heavy atom. The van der Waals surface area contributed by atoms with Gasteiger partial charge in [-0.05, 0) is 62.6 Å². The molecule has 10 nitrogen and oxygen atoms in total. The molecule has 0 bridgehead atoms. The fourth-order valence-corrected chi connectivity index (χ4v) is 8.93. The number of ether oxygens (including phenoxy) is 1. The summed E-state index contributed by atoms with van der Waals surface area (Å²) in [4.78, 5) is 27.4. The van der Waals surface area contributed by atoms with Crippen LogP contribution in [0.25, 0.3) is 10.6 Å². The molecule has 1 N–H and O–H groups in total. The Balaban J connectivity index is 1.24. The second kappa shape index (κ2) is 11.2. The average molecular weight is 663 g/mol. The fraction of sp³-hybridized carbons (Fsp3) is 0.500. The van der Waals surface area contributed by atoms with E-state index in [1.54, 1.807) is 0 Å². The van der Waals surface area contributed by atoms with Gasteiger partial charge in [-0.25, -0.2) is 18.4 Å². The van der Waals surface area contributed by atoms with Crippen molar-refractivity contribution in [2.45, 2.75) is 48.8 Å². The molecule has 2 aromatic heterocycles. The van der Waals surface area contributed by atoms with E-state index in [9.17, 15) is 26.4 Å². The standard InChI is InChI=1S/C30H33F3N6O4S2/c1-17-14-38(8-7-37(17)2)19-5-6-23(21(11-19)18-3-4-18)35-29-34-13-22(30(31,32)33)26(36-29)24-12-25-27(44-24)28(40)39(20-15-43-16-20)9-10-45(25,41)42/h5-6,11-13,17-18,20H,3-4,7-10,14-16H2,1-2H3,(H,34,35,36)/t17-/m0/s1. The first kappa shape index (κ1) is 30.4. The number of nitrogens with one attached hydrogen (secondary N) is 1. The number of halogens is 3. The Bertz CT molecular complexity index is 1760. The molecule has 1 atom stereocenters. The lowest BCUT2D eigenvalue weighted by Crippen LogP contribution is -2.52. The summed E-state index contributed by atoms with van der Waals surface area (Å²) in [5.74, 6) is -0.569. The second-order valence-corrected chi connectivity index (χ2v) is 15.3. The quantitative estimate of drug-likeness (QED) is 0.405. The van der Waals surface area contributed by atoms with Gasteiger partial charge in [-0.2, -0.15) is 13.2 Å². The number of anilines is 3. The van der Waals surface area contributed by atoms with Crippen LogP contribution in [0.1, 0.15) is 46.5 Å². The van der Waals surface area contributed by atoms with Crippen LogP contribution in [-0.2, 0) is 20.8 Å². The van der Waals surface area contributed by atoms with Gasteiger partial charge in [0, 0.05) is 49.8 Å². The van der Waals surface area contributed by atoms with Gasteiger partial charge in [0.2, 0.25) is 5.95 Å². The minimum atomic E-state index is -4.81. The van der Waals surface area contributed by atoms with Gasteiger partial charge < -0.3 is 24.8 Å². The third-order valence-electron chi connectivity index (χ3n) is 9.10. The van der Waals surface area contributed by atoms with Crippen LogP contribution in [0.15, 0.2) is 35.4 Å². The smallest absolute Gasteiger partial charge is 0.377 e. The molecule has 15 heteroatoms. The van der Waals surface area contributed by atoms with Crippen molar-refractivity contribution in [1.29, 1.82) is 0 Å². The van der Waals surface area contributed by atoms with Crippen molar-refractivity contribution in [3.8, 4) is 10.6 Å². The first-order chi connectivity index (χ1) is 21.4. The van der Waals surface area contributed by atoms with Crippen molar-refractivity contribution >= 4 is 44.4 Å². The highest BCUT2D eigenvalue weighted by Crippen LogP contribution is 2.46. The lowest BCUT2D eigenvalue weighted by molar-refractivity contribution is -0.137. The first-order valence-electron chi connectivity index (χ1n) is 14.9. The number of piperazine rings is 1. The number of aromatic nitrogens is 2. The summed E-state index contributed by atoms with van der Waals surface area (Å²) in [5, 5.41) is 3.14. The summed E-state index contributed by atoms with van der Waals surface area (Å²) in [5.41, 5.74) is 1.29. The molecule has 2 saturated heterocycles. The van der Waals surface area contributed by atoms with Crippen molar-refractivity contribution in [3.63, 3.8) is 0 Å². The maximum atomic E-state index is 14.2. The fourth-order valence-electron chi connectivity index (χ4n) is 6.02. The highest BCUT2D eigenvalue weighted by Gasteiger charge is 2.41. The van der Waals surface area contributed by atoms with Crippen molar-refractivity contribution in [2.24, 2.45) is 0 Å². The third-order valence-corrected chi connectivity index (χ3v) is 12.1. The van der Waals surface area contributed by atoms with Crippen molar-refractivity contribution in [1.82, 2.24) is 19.8 Å². The van der Waals surface area contributed by atoms with E-state index < -0.39 is 33.2 Å². The van der Waals surface area contributed by atoms with E-state index in [1.165, 1.54) is 4.90 Å². The Hall–Kier alpha value is -3.27. The van der Waals surface area contributed by atoms with E-state index in [4.69, 9.17) is 4.74 Å². The van der Waals surface area contributed by atoms with Gasteiger partial charge >= 0.3 is 6.18 Å². The summed E-state index contributed by atoms with van der Waals surface area (Å²) >= 11 is 0.711. The van der Waals surface area contributed by atoms with Gasteiger partial charge in [-0.3, -0.25) is 4.79 Å². The molecule has 0 spiro atoms. The van der Waals surface area contributed by atoms with Crippen LogP contribution in [0.2, 0.25) is 0 Å². The number of benzene rings is 1. The molecule has 1 aliphatic carbocycles. The molecule has 3 fully saturated rings. The summed E-state index contributed by atoms with van der Waals surface area (Å²) in [6.45, 7) is 5.52. The van der Waals surface area contributed by atoms with Crippen molar-refractivity contribution in [3.05, 3.63) is 46.5 Å². The predicted molar refractivity (Wildman–Crippen MR) is 164 cm³/mol. The highest BCUT2D eigenvalue weighted by molar-refractivity contribution is 7.91. The van der Waals surface area contributed by atoms with Crippen LogP contribution in [0.4, 0.5) is 30.5 Å². The van der Waals surface area contributed by atoms with E-state index in [0.717, 1.165) is 49.8 Å². The zero-order chi connectivity index (χ0) is 31.7. The number of rotatable bonds is 6. The summed E-state index contributed by atoms with van der Waals surface area (Å²) in [6, 6.07) is 7.36. The van der Waals surface area contributed by atoms with Crippen LogP contribution in [-0.4, -0.2) is 98.4 Å². The molecule has 7 rings (SSSR count). The molecule has 1 aromatic carbocycles. The second-order valence-electron chi connectivity index (χ2n) is 12.2. The number of alkyl halides is 3. The molecule has 3 aromatic rings. The van der Waals surface area contributed by atoms with Gasteiger partial charge in [-0.15, -0.1) is 11.3 Å². The topological polar surface area (TPSA) is 108 Å². The van der Waals surface area contributed by atoms with Crippen molar-refractivity contribution in [2.75, 3.05) is 62.4 Å². The third kappa shape index (κ3) is 5.79. The zero-order valence-corrected chi connectivity index (χ0v) is 26.4. The van der Waals surface area contributed by atoms with E-state index in [2.05, 4.69) is 45.1 Å². The monoisotopic (exact) mass is 662 g/mol. The number of nitrogens with zero attached hydrogens (tertiary/aromatic N) is 5. The summed E-state index contributed by atoms with van der Waals surface area (Å²) < 4.78 is 74.2. The molecule has 0 unspecified atom stereocenters. The predicted octanol–water partition coefficient (Wildman–Crippen LogP) is 4.61. The Morgan fingerprint density at radius 1 is 1.11 bits per heavy atom. The Kier molecular flexibility index (Phi) is 7.57. The van der Waals surface area contributed by atoms with E-state index in [-0.39, 0.29) is 52.2 Å². The molecule has 1 saturated carbocycles. The molecule has 240 valence electrons. The zero-order valence-electron chi connectivity index (χ0n) is 24.8. The number of fused-ring (bicyclic) bond motifs is 1. The summed E-state index contributed by atoms with van der Waals surface area (Å²) in [7, 11) is -1.81. The van der Waals surface area contributed by atoms with Gasteiger partial charge in [0.15, 0.2) is 9.84 Å². The van der Waals surface area contributed by atoms with Gasteiger partial charge in [-0.1, -0.05) is 0 Å². The molecule has 4 aliphatic rings. The maximum Gasteiger partial charge on any atom is 0.420 e. The molecule has 1 amide bonds. The number of thiophene rings is 1. The Morgan fingerprint density at radius 3 is 2.56 bits per heavy atom. The van der Waals surface area contributed by atoms with Gasteiger partial charge in [0.1, 0.15) is 10.4 Å². The van der Waals surface area contributed by atoms with E-state index in [1.807, 2.05) is 12.1 Å². The van der Waals surface area contributed by atoms with Crippen molar-refractivity contribution < 1.29 is 31.1 Å². The van der Waals surface area contributed by atoms with Crippen LogP contribution < -0.4 is 10.2 Å². The van der Waals surface area contributed by atoms with Crippen LogP contribution in [0, 0.1) is 0 Å². The number of likely N-dealkylation sites (N-methyl/N-ethyl adjacent to an activating group) is 1. The molecule has 0 radical (unpaired) electrons. The number of hydrogen-bond donors (Lipinski definition) is 1. The number of carbonyl (C=O) groups excluding carboxylic acids is 1. The van der Waals surface area contributed by atoms with Crippen LogP contribution in [0.5, 0.6) is 0 Å². The van der Waals surface area contributed by atoms with Crippen LogP contribution in [0.3, 0.4) is 0 Å². The molecule has 45 heavy (non-hydrogen) atoms. The number of sulfone groups is 1. The minimum Gasteiger partial charge on any atom is -0.377 e.